The van der Waals surface area contributed by atoms with Crippen LogP contribution in [0.15, 0.2) is 0 Å². The van der Waals surface area contributed by atoms with Gasteiger partial charge in [0.1, 0.15) is 0 Å². The van der Waals surface area contributed by atoms with E-state index in [1.807, 2.05) is 0 Å². The molecule has 0 saturated carbocycles. The summed E-state index contributed by atoms with van der Waals surface area (Å²) in [6.07, 6.45) is 18.3. The Morgan fingerprint density at radius 3 is 1.32 bits per heavy atom. The molecule has 0 atom stereocenters. The molecular weight excluding hydrogens is 262 g/mol. The van der Waals surface area contributed by atoms with Crippen molar-refractivity contribution in [1.82, 2.24) is 0 Å². The first kappa shape index (κ1) is 22.7. The molecule has 1 N–H and O–H groups in total. The van der Waals surface area contributed by atoms with Gasteiger partial charge in [0.15, 0.2) is 0 Å². The maximum absolute atomic E-state index is 9.92. The average Bonchev–Trinajstić information content (AvgIpc) is 2.38. The molecule has 0 aromatic rings. The standard InChI is InChI=1S/C16H35OP.Na.H/c1-3-5-7-9-11-13-15-18(17)16-14-12-10-8-6-4-2;;/h17H,3-16H2,1-2H3;;/q;+1;-1. The second kappa shape index (κ2) is 19.4. The molecule has 0 amide bonds. The Morgan fingerprint density at radius 2 is 0.947 bits per heavy atom. The molecule has 0 radical (unpaired) electrons. The zero-order chi connectivity index (χ0) is 13.5. The summed E-state index contributed by atoms with van der Waals surface area (Å²) in [6.45, 7) is 4.51. The quantitative estimate of drug-likeness (QED) is 0.297. The molecule has 112 valence electrons. The third-order valence-corrected chi connectivity index (χ3v) is 5.20. The van der Waals surface area contributed by atoms with E-state index >= 15 is 0 Å². The van der Waals surface area contributed by atoms with Crippen molar-refractivity contribution < 1.29 is 35.9 Å². The number of unbranched alkanes of at least 4 members (excludes halogenated alkanes) is 10. The van der Waals surface area contributed by atoms with E-state index in [0.717, 1.165) is 12.3 Å². The molecule has 1 nitrogen and oxygen atoms in total. The van der Waals surface area contributed by atoms with Crippen LogP contribution >= 0.6 is 8.15 Å². The first-order valence-electron chi connectivity index (χ1n) is 8.25. The number of hydrogen-bond donors (Lipinski definition) is 1. The maximum Gasteiger partial charge on any atom is 1.00 e. The Labute approximate surface area is 146 Å². The summed E-state index contributed by atoms with van der Waals surface area (Å²) in [4.78, 5) is 9.92. The normalized spacial score (nSPS) is 10.7. The van der Waals surface area contributed by atoms with Gasteiger partial charge in [-0.1, -0.05) is 78.1 Å². The molecule has 0 bridgehead atoms. The van der Waals surface area contributed by atoms with Crippen LogP contribution in [0.1, 0.15) is 92.3 Å². The van der Waals surface area contributed by atoms with Gasteiger partial charge in [0, 0.05) is 8.15 Å². The molecule has 0 aliphatic rings. The Bertz CT molecular complexity index is 145. The van der Waals surface area contributed by atoms with E-state index in [4.69, 9.17) is 0 Å². The third kappa shape index (κ3) is 19.4. The molecule has 0 saturated heterocycles. The fourth-order valence-corrected chi connectivity index (χ4v) is 3.66. The number of hydrogen-bond acceptors (Lipinski definition) is 1. The van der Waals surface area contributed by atoms with Gasteiger partial charge in [-0.25, -0.2) is 0 Å². The Kier molecular flexibility index (Phi) is 23.1. The van der Waals surface area contributed by atoms with Gasteiger partial charge >= 0.3 is 29.6 Å². The van der Waals surface area contributed by atoms with Crippen LogP contribution in [0.2, 0.25) is 0 Å². The largest absolute Gasteiger partial charge is 1.00 e. The SMILES string of the molecule is CCCCCCCCP(O)CCCCCCCC.[H-].[Na+]. The summed E-state index contributed by atoms with van der Waals surface area (Å²) in [5.41, 5.74) is 0. The second-order valence-electron chi connectivity index (χ2n) is 5.49. The first-order chi connectivity index (χ1) is 8.81. The van der Waals surface area contributed by atoms with E-state index in [2.05, 4.69) is 13.8 Å². The molecule has 0 aromatic carbocycles. The summed E-state index contributed by atoms with van der Waals surface area (Å²) in [5.74, 6) is 0. The minimum Gasteiger partial charge on any atom is -1.00 e. The molecule has 0 aliphatic carbocycles. The minimum atomic E-state index is -0.630. The van der Waals surface area contributed by atoms with E-state index in [1.165, 1.54) is 77.0 Å². The van der Waals surface area contributed by atoms with Crippen molar-refractivity contribution in [3.63, 3.8) is 0 Å². The summed E-state index contributed by atoms with van der Waals surface area (Å²) in [7, 11) is -0.630. The van der Waals surface area contributed by atoms with Crippen molar-refractivity contribution in [2.75, 3.05) is 12.3 Å². The van der Waals surface area contributed by atoms with Gasteiger partial charge in [-0.3, -0.25) is 0 Å². The second-order valence-corrected chi connectivity index (χ2v) is 7.40. The third-order valence-electron chi connectivity index (χ3n) is 3.54. The van der Waals surface area contributed by atoms with Crippen LogP contribution in [0, 0.1) is 0 Å². The van der Waals surface area contributed by atoms with Gasteiger partial charge in [-0.05, 0) is 25.2 Å². The first-order valence-corrected chi connectivity index (χ1v) is 9.91. The maximum atomic E-state index is 9.92. The summed E-state index contributed by atoms with van der Waals surface area (Å²) in [5, 5.41) is 0. The molecule has 19 heavy (non-hydrogen) atoms. The monoisotopic (exact) mass is 298 g/mol. The van der Waals surface area contributed by atoms with Crippen LogP contribution in [0.25, 0.3) is 0 Å². The molecular formula is C16H36NaOP. The van der Waals surface area contributed by atoms with Crippen molar-refractivity contribution in [1.29, 1.82) is 0 Å². The van der Waals surface area contributed by atoms with Crippen LogP contribution in [0.4, 0.5) is 0 Å². The zero-order valence-electron chi connectivity index (χ0n) is 14.8. The molecule has 3 heteroatoms. The van der Waals surface area contributed by atoms with Crippen molar-refractivity contribution in [3.8, 4) is 0 Å². The van der Waals surface area contributed by atoms with E-state index in [0.29, 0.717) is 0 Å². The fraction of sp³-hybridized carbons (Fsp3) is 1.00. The van der Waals surface area contributed by atoms with Crippen molar-refractivity contribution in [2.24, 2.45) is 0 Å². The zero-order valence-corrected chi connectivity index (χ0v) is 16.7. The van der Waals surface area contributed by atoms with Gasteiger partial charge < -0.3 is 6.32 Å². The van der Waals surface area contributed by atoms with Crippen LogP contribution < -0.4 is 29.6 Å². The molecule has 0 fully saturated rings. The molecule has 0 aliphatic heterocycles. The van der Waals surface area contributed by atoms with Crippen LogP contribution in [0.5, 0.6) is 0 Å². The van der Waals surface area contributed by atoms with Crippen LogP contribution in [-0.2, 0) is 0 Å². The van der Waals surface area contributed by atoms with E-state index < -0.39 is 8.15 Å². The van der Waals surface area contributed by atoms with Crippen molar-refractivity contribution in [3.05, 3.63) is 0 Å². The topological polar surface area (TPSA) is 20.2 Å². The van der Waals surface area contributed by atoms with Crippen LogP contribution in [0.3, 0.4) is 0 Å². The smallest absolute Gasteiger partial charge is 1.00 e. The molecule has 0 spiro atoms. The predicted octanol–water partition coefficient (Wildman–Crippen LogP) is 3.21. The van der Waals surface area contributed by atoms with Crippen molar-refractivity contribution in [2.45, 2.75) is 90.9 Å². The van der Waals surface area contributed by atoms with Gasteiger partial charge in [-0.2, -0.15) is 0 Å². The molecule has 0 unspecified atom stereocenters. The minimum absolute atomic E-state index is 0. The summed E-state index contributed by atoms with van der Waals surface area (Å²) < 4.78 is 0. The predicted molar refractivity (Wildman–Crippen MR) is 86.7 cm³/mol. The van der Waals surface area contributed by atoms with Gasteiger partial charge in [0.2, 0.25) is 0 Å². The Hall–Kier alpha value is 1.39. The van der Waals surface area contributed by atoms with Crippen molar-refractivity contribution >= 4 is 8.15 Å². The van der Waals surface area contributed by atoms with Gasteiger partial charge in [0.25, 0.3) is 0 Å². The summed E-state index contributed by atoms with van der Waals surface area (Å²) >= 11 is 0. The summed E-state index contributed by atoms with van der Waals surface area (Å²) in [6, 6.07) is 0. The number of rotatable bonds is 14. The van der Waals surface area contributed by atoms with E-state index in [1.54, 1.807) is 0 Å². The fourth-order valence-electron chi connectivity index (χ4n) is 2.26. The molecule has 0 rings (SSSR count). The van der Waals surface area contributed by atoms with Gasteiger partial charge in [0.05, 0.1) is 0 Å². The average molecular weight is 298 g/mol. The molecule has 0 heterocycles. The Balaban J connectivity index is -0.00000144. The Morgan fingerprint density at radius 1 is 0.632 bits per heavy atom. The molecule has 0 aromatic heterocycles. The van der Waals surface area contributed by atoms with Crippen LogP contribution in [-0.4, -0.2) is 17.2 Å². The van der Waals surface area contributed by atoms with E-state index in [-0.39, 0.29) is 31.0 Å². The van der Waals surface area contributed by atoms with Gasteiger partial charge in [-0.15, -0.1) is 0 Å². The van der Waals surface area contributed by atoms with E-state index in [9.17, 15) is 4.89 Å².